The summed E-state index contributed by atoms with van der Waals surface area (Å²) >= 11 is 0. The molecule has 0 aliphatic heterocycles. The molecule has 18 heavy (non-hydrogen) atoms. The lowest BCUT2D eigenvalue weighted by atomic mass is 10.2. The van der Waals surface area contributed by atoms with Gasteiger partial charge in [0.2, 0.25) is 5.95 Å². The van der Waals surface area contributed by atoms with Crippen LogP contribution in [0.15, 0.2) is 42.9 Å². The van der Waals surface area contributed by atoms with Gasteiger partial charge in [0, 0.05) is 43.8 Å². The van der Waals surface area contributed by atoms with Gasteiger partial charge in [-0.15, -0.1) is 0 Å². The quantitative estimate of drug-likeness (QED) is 0.776. The van der Waals surface area contributed by atoms with E-state index in [2.05, 4.69) is 9.97 Å². The minimum absolute atomic E-state index is 0.242. The standard InChI is InChI=1S/C13H12FN3O/c1-17(9-10-2-5-15-6-3-10)13(18)11-4-7-16-12(14)8-11/h2-8H,9H2,1H3. The molecular weight excluding hydrogens is 233 g/mol. The van der Waals surface area contributed by atoms with E-state index in [1.165, 1.54) is 17.2 Å². The maximum atomic E-state index is 12.9. The summed E-state index contributed by atoms with van der Waals surface area (Å²) in [5, 5.41) is 0. The Morgan fingerprint density at radius 3 is 2.67 bits per heavy atom. The molecule has 0 bridgehead atoms. The third-order valence-corrected chi connectivity index (χ3v) is 2.49. The van der Waals surface area contributed by atoms with E-state index in [4.69, 9.17) is 0 Å². The van der Waals surface area contributed by atoms with Crippen molar-refractivity contribution in [2.75, 3.05) is 7.05 Å². The van der Waals surface area contributed by atoms with Gasteiger partial charge in [-0.3, -0.25) is 9.78 Å². The van der Waals surface area contributed by atoms with Gasteiger partial charge in [-0.25, -0.2) is 4.98 Å². The summed E-state index contributed by atoms with van der Waals surface area (Å²) in [6, 6.07) is 6.29. The zero-order valence-corrected chi connectivity index (χ0v) is 9.88. The first kappa shape index (κ1) is 12.2. The molecule has 2 aromatic rings. The fraction of sp³-hybridized carbons (Fsp3) is 0.154. The number of halogens is 1. The van der Waals surface area contributed by atoms with Gasteiger partial charge in [-0.05, 0) is 23.8 Å². The normalized spacial score (nSPS) is 10.1. The lowest BCUT2D eigenvalue weighted by Crippen LogP contribution is -2.26. The molecule has 0 unspecified atom stereocenters. The van der Waals surface area contributed by atoms with Gasteiger partial charge < -0.3 is 4.90 Å². The van der Waals surface area contributed by atoms with E-state index >= 15 is 0 Å². The molecule has 2 heterocycles. The van der Waals surface area contributed by atoms with Crippen LogP contribution in [-0.2, 0) is 6.54 Å². The van der Waals surface area contributed by atoms with Gasteiger partial charge in [0.1, 0.15) is 0 Å². The fourth-order valence-electron chi connectivity index (χ4n) is 1.59. The summed E-state index contributed by atoms with van der Waals surface area (Å²) < 4.78 is 12.9. The summed E-state index contributed by atoms with van der Waals surface area (Å²) in [6.07, 6.45) is 4.61. The lowest BCUT2D eigenvalue weighted by Gasteiger charge is -2.17. The average Bonchev–Trinajstić information content (AvgIpc) is 2.39. The Labute approximate surface area is 104 Å². The number of pyridine rings is 2. The Kier molecular flexibility index (Phi) is 3.62. The number of hydrogen-bond acceptors (Lipinski definition) is 3. The summed E-state index contributed by atoms with van der Waals surface area (Å²) in [5.41, 5.74) is 1.26. The van der Waals surface area contributed by atoms with Crippen LogP contribution in [-0.4, -0.2) is 27.8 Å². The van der Waals surface area contributed by atoms with Crippen molar-refractivity contribution in [2.24, 2.45) is 0 Å². The maximum absolute atomic E-state index is 12.9. The van der Waals surface area contributed by atoms with Gasteiger partial charge in [0.15, 0.2) is 0 Å². The van der Waals surface area contributed by atoms with Crippen molar-refractivity contribution >= 4 is 5.91 Å². The molecule has 0 spiro atoms. The Morgan fingerprint density at radius 2 is 2.00 bits per heavy atom. The van der Waals surface area contributed by atoms with Crippen molar-refractivity contribution < 1.29 is 9.18 Å². The number of carbonyl (C=O) groups excluding carboxylic acids is 1. The van der Waals surface area contributed by atoms with E-state index in [1.807, 2.05) is 12.1 Å². The molecule has 0 saturated heterocycles. The number of rotatable bonds is 3. The molecular formula is C13H12FN3O. The maximum Gasteiger partial charge on any atom is 0.254 e. The Bertz CT molecular complexity index is 545. The highest BCUT2D eigenvalue weighted by Crippen LogP contribution is 2.08. The molecule has 0 aromatic carbocycles. The average molecular weight is 245 g/mol. The molecule has 0 N–H and O–H groups in total. The lowest BCUT2D eigenvalue weighted by molar-refractivity contribution is 0.0784. The van der Waals surface area contributed by atoms with E-state index in [0.29, 0.717) is 12.1 Å². The van der Waals surface area contributed by atoms with E-state index in [0.717, 1.165) is 11.6 Å². The number of nitrogens with zero attached hydrogens (tertiary/aromatic N) is 3. The second-order valence-electron chi connectivity index (χ2n) is 3.88. The summed E-state index contributed by atoms with van der Waals surface area (Å²) in [5.74, 6) is -0.897. The van der Waals surface area contributed by atoms with Crippen molar-refractivity contribution in [1.29, 1.82) is 0 Å². The Balaban J connectivity index is 2.10. The summed E-state index contributed by atoms with van der Waals surface area (Å²) in [4.78, 5) is 20.9. The molecule has 0 atom stereocenters. The molecule has 2 aromatic heterocycles. The third-order valence-electron chi connectivity index (χ3n) is 2.49. The molecule has 0 aliphatic rings. The molecule has 0 fully saturated rings. The van der Waals surface area contributed by atoms with Crippen LogP contribution in [0.4, 0.5) is 4.39 Å². The van der Waals surface area contributed by atoms with Crippen molar-refractivity contribution in [1.82, 2.24) is 14.9 Å². The highest BCUT2D eigenvalue weighted by molar-refractivity contribution is 5.93. The van der Waals surface area contributed by atoms with Crippen LogP contribution in [0.25, 0.3) is 0 Å². The number of carbonyl (C=O) groups is 1. The predicted octanol–water partition coefficient (Wildman–Crippen LogP) is 1.89. The van der Waals surface area contributed by atoms with Crippen molar-refractivity contribution in [2.45, 2.75) is 6.54 Å². The first-order valence-electron chi connectivity index (χ1n) is 5.43. The number of amides is 1. The van der Waals surface area contributed by atoms with Crippen LogP contribution < -0.4 is 0 Å². The highest BCUT2D eigenvalue weighted by atomic mass is 19.1. The topological polar surface area (TPSA) is 46.1 Å². The molecule has 92 valence electrons. The van der Waals surface area contributed by atoms with Crippen LogP contribution in [0.3, 0.4) is 0 Å². The zero-order chi connectivity index (χ0) is 13.0. The smallest absolute Gasteiger partial charge is 0.254 e. The monoisotopic (exact) mass is 245 g/mol. The molecule has 0 radical (unpaired) electrons. The molecule has 5 heteroatoms. The second kappa shape index (κ2) is 5.35. The first-order chi connectivity index (χ1) is 8.66. The van der Waals surface area contributed by atoms with Crippen LogP contribution >= 0.6 is 0 Å². The van der Waals surface area contributed by atoms with Crippen LogP contribution in [0.2, 0.25) is 0 Å². The highest BCUT2D eigenvalue weighted by Gasteiger charge is 2.12. The van der Waals surface area contributed by atoms with Crippen molar-refractivity contribution in [3.8, 4) is 0 Å². The molecule has 1 amide bonds. The van der Waals surface area contributed by atoms with Crippen molar-refractivity contribution in [3.63, 3.8) is 0 Å². The van der Waals surface area contributed by atoms with Crippen molar-refractivity contribution in [3.05, 3.63) is 59.9 Å². The van der Waals surface area contributed by atoms with E-state index in [-0.39, 0.29) is 5.91 Å². The van der Waals surface area contributed by atoms with E-state index in [9.17, 15) is 9.18 Å². The summed E-state index contributed by atoms with van der Waals surface area (Å²) in [6.45, 7) is 0.450. The SMILES string of the molecule is CN(Cc1ccncc1)C(=O)c1ccnc(F)c1. The van der Waals surface area contributed by atoms with Gasteiger partial charge in [0.05, 0.1) is 0 Å². The fourth-order valence-corrected chi connectivity index (χ4v) is 1.59. The molecule has 2 rings (SSSR count). The predicted molar refractivity (Wildman–Crippen MR) is 64.2 cm³/mol. The first-order valence-corrected chi connectivity index (χ1v) is 5.43. The van der Waals surface area contributed by atoms with E-state index in [1.54, 1.807) is 19.4 Å². The molecule has 4 nitrogen and oxygen atoms in total. The van der Waals surface area contributed by atoms with Gasteiger partial charge in [0.25, 0.3) is 5.91 Å². The number of aromatic nitrogens is 2. The Morgan fingerprint density at radius 1 is 1.28 bits per heavy atom. The van der Waals surface area contributed by atoms with Gasteiger partial charge in [-0.2, -0.15) is 4.39 Å². The Hall–Kier alpha value is -2.30. The van der Waals surface area contributed by atoms with Gasteiger partial charge in [-0.1, -0.05) is 0 Å². The summed E-state index contributed by atoms with van der Waals surface area (Å²) in [7, 11) is 1.67. The van der Waals surface area contributed by atoms with Crippen LogP contribution in [0, 0.1) is 5.95 Å². The van der Waals surface area contributed by atoms with Crippen LogP contribution in [0.1, 0.15) is 15.9 Å². The van der Waals surface area contributed by atoms with Gasteiger partial charge >= 0.3 is 0 Å². The second-order valence-corrected chi connectivity index (χ2v) is 3.88. The largest absolute Gasteiger partial charge is 0.337 e. The minimum Gasteiger partial charge on any atom is -0.337 e. The van der Waals surface area contributed by atoms with Crippen LogP contribution in [0.5, 0.6) is 0 Å². The third kappa shape index (κ3) is 2.88. The van der Waals surface area contributed by atoms with E-state index < -0.39 is 5.95 Å². The molecule has 0 aliphatic carbocycles. The minimum atomic E-state index is -0.654. The zero-order valence-electron chi connectivity index (χ0n) is 9.88. The number of hydrogen-bond donors (Lipinski definition) is 0. The molecule has 0 saturated carbocycles.